The number of nitrogens with zero attached hydrogens (tertiary/aromatic N) is 2. The van der Waals surface area contributed by atoms with E-state index >= 15 is 0 Å². The quantitative estimate of drug-likeness (QED) is 0.398. The number of fused-ring (bicyclic) bond motifs is 1. The molecule has 34 heavy (non-hydrogen) atoms. The largest absolute Gasteiger partial charge is 0.273 e. The van der Waals surface area contributed by atoms with Gasteiger partial charge in [0.1, 0.15) is 5.92 Å². The first-order valence-electron chi connectivity index (χ1n) is 11.1. The lowest BCUT2D eigenvalue weighted by molar-refractivity contribution is -0.126. The number of para-hydroxylation sites is 1. The molecule has 2 aliphatic rings. The van der Waals surface area contributed by atoms with Crippen molar-refractivity contribution in [3.8, 4) is 0 Å². The number of imide groups is 1. The van der Waals surface area contributed by atoms with Crippen LogP contribution in [-0.4, -0.2) is 17.9 Å². The molecule has 174 valence electrons. The number of rotatable bonds is 3. The topological polar surface area (TPSA) is 49.9 Å². The maximum Gasteiger partial charge on any atom is 0.266 e. The number of anilines is 2. The first-order valence-corrected chi connectivity index (χ1v) is 11.9. The molecule has 2 saturated heterocycles. The van der Waals surface area contributed by atoms with Gasteiger partial charge in [-0.05, 0) is 46.9 Å². The normalized spacial score (nSPS) is 22.4. The lowest BCUT2D eigenvalue weighted by Crippen LogP contribution is -2.37. The molecule has 3 unspecified atom stereocenters. The van der Waals surface area contributed by atoms with Gasteiger partial charge < -0.3 is 0 Å². The Morgan fingerprint density at radius 3 is 2.09 bits per heavy atom. The predicted molar refractivity (Wildman–Crippen MR) is 134 cm³/mol. The third-order valence-corrected chi connectivity index (χ3v) is 7.14. The zero-order valence-corrected chi connectivity index (χ0v) is 20.5. The van der Waals surface area contributed by atoms with Crippen LogP contribution < -0.4 is 9.96 Å². The molecule has 2 fully saturated rings. The molecular formula is C27H24Cl2N2O3. The zero-order valence-electron chi connectivity index (χ0n) is 19.0. The highest BCUT2D eigenvalue weighted by atomic mass is 35.5. The molecule has 0 radical (unpaired) electrons. The Kier molecular flexibility index (Phi) is 5.67. The Labute approximate surface area is 208 Å². The molecule has 0 spiro atoms. The maximum absolute atomic E-state index is 13.7. The second-order valence-corrected chi connectivity index (χ2v) is 10.5. The number of hydrogen-bond acceptors (Lipinski definition) is 4. The first kappa shape index (κ1) is 22.9. The third-order valence-electron chi connectivity index (χ3n) is 6.41. The van der Waals surface area contributed by atoms with Crippen LogP contribution in [0.3, 0.4) is 0 Å². The summed E-state index contributed by atoms with van der Waals surface area (Å²) in [5.74, 6) is -1.44. The van der Waals surface area contributed by atoms with E-state index in [4.69, 9.17) is 28.0 Å². The Hall–Kier alpha value is -2.86. The smallest absolute Gasteiger partial charge is 0.266 e. The standard InChI is InChI=1S/C27H24Cl2N2O3/c1-27(2,3)17-11-9-16(10-12-17)23-22-24(34-31(23)18-7-5-4-6-8-18)26(33)30(25(22)32)19-13-14-20(28)21(29)15-19/h4-15,22-24H,1-3H3. The highest BCUT2D eigenvalue weighted by molar-refractivity contribution is 6.42. The van der Waals surface area contributed by atoms with E-state index < -0.39 is 24.0 Å². The van der Waals surface area contributed by atoms with Gasteiger partial charge in [0.2, 0.25) is 5.91 Å². The summed E-state index contributed by atoms with van der Waals surface area (Å²) in [6.45, 7) is 6.46. The summed E-state index contributed by atoms with van der Waals surface area (Å²) in [5, 5.41) is 2.33. The van der Waals surface area contributed by atoms with Crippen LogP contribution >= 0.6 is 23.2 Å². The van der Waals surface area contributed by atoms with Crippen LogP contribution in [0.25, 0.3) is 0 Å². The van der Waals surface area contributed by atoms with E-state index in [-0.39, 0.29) is 16.3 Å². The number of hydrogen-bond donors (Lipinski definition) is 0. The number of halogens is 2. The summed E-state index contributed by atoms with van der Waals surface area (Å²) in [6, 6.07) is 22.0. The van der Waals surface area contributed by atoms with E-state index in [1.54, 1.807) is 17.2 Å². The minimum atomic E-state index is -0.936. The number of hydroxylamine groups is 1. The summed E-state index contributed by atoms with van der Waals surface area (Å²) < 4.78 is 0. The summed E-state index contributed by atoms with van der Waals surface area (Å²) in [6.07, 6.45) is -0.936. The summed E-state index contributed by atoms with van der Waals surface area (Å²) in [5.41, 5.74) is 3.25. The van der Waals surface area contributed by atoms with Gasteiger partial charge in [-0.1, -0.05) is 86.4 Å². The van der Waals surface area contributed by atoms with Crippen LogP contribution in [0.2, 0.25) is 10.0 Å². The van der Waals surface area contributed by atoms with Crippen LogP contribution in [-0.2, 0) is 19.8 Å². The maximum atomic E-state index is 13.7. The third kappa shape index (κ3) is 3.78. The Bertz CT molecular complexity index is 1260. The van der Waals surface area contributed by atoms with Crippen molar-refractivity contribution in [1.29, 1.82) is 0 Å². The van der Waals surface area contributed by atoms with Gasteiger partial charge in [-0.3, -0.25) is 14.4 Å². The van der Waals surface area contributed by atoms with Crippen molar-refractivity contribution in [3.05, 3.63) is 94.0 Å². The van der Waals surface area contributed by atoms with E-state index in [1.807, 2.05) is 42.5 Å². The highest BCUT2D eigenvalue weighted by Crippen LogP contribution is 2.48. The van der Waals surface area contributed by atoms with Crippen LogP contribution in [0.5, 0.6) is 0 Å². The Morgan fingerprint density at radius 2 is 1.47 bits per heavy atom. The molecule has 2 aliphatic heterocycles. The zero-order chi connectivity index (χ0) is 24.2. The highest BCUT2D eigenvalue weighted by Gasteiger charge is 2.60. The minimum Gasteiger partial charge on any atom is -0.273 e. The average Bonchev–Trinajstić information content (AvgIpc) is 3.32. The molecule has 3 aromatic rings. The Morgan fingerprint density at radius 1 is 0.794 bits per heavy atom. The second kappa shape index (κ2) is 8.42. The molecule has 0 aromatic heterocycles. The van der Waals surface area contributed by atoms with Crippen LogP contribution in [0.15, 0.2) is 72.8 Å². The molecule has 0 bridgehead atoms. The minimum absolute atomic E-state index is 0.00382. The van der Waals surface area contributed by atoms with Crippen LogP contribution in [0, 0.1) is 5.92 Å². The number of benzene rings is 3. The molecule has 7 heteroatoms. The van der Waals surface area contributed by atoms with E-state index in [2.05, 4.69) is 32.9 Å². The molecular weight excluding hydrogens is 471 g/mol. The van der Waals surface area contributed by atoms with Gasteiger partial charge in [0.15, 0.2) is 6.10 Å². The molecule has 5 nitrogen and oxygen atoms in total. The summed E-state index contributed by atoms with van der Waals surface area (Å²) in [4.78, 5) is 34.5. The van der Waals surface area contributed by atoms with Gasteiger partial charge in [0, 0.05) is 0 Å². The van der Waals surface area contributed by atoms with Crippen molar-refractivity contribution >= 4 is 46.4 Å². The SMILES string of the molecule is CC(C)(C)c1ccc(C2C3C(=O)N(c4ccc(Cl)c(Cl)c4)C(=O)C3ON2c2ccccc2)cc1. The van der Waals surface area contributed by atoms with Gasteiger partial charge in [0.25, 0.3) is 5.91 Å². The monoisotopic (exact) mass is 494 g/mol. The van der Waals surface area contributed by atoms with E-state index in [0.717, 1.165) is 16.2 Å². The number of carbonyl (C=O) groups is 2. The van der Waals surface area contributed by atoms with E-state index in [0.29, 0.717) is 10.7 Å². The molecule has 0 saturated carbocycles. The molecule has 5 rings (SSSR count). The van der Waals surface area contributed by atoms with Gasteiger partial charge in [0.05, 0.1) is 27.5 Å². The van der Waals surface area contributed by atoms with Crippen molar-refractivity contribution in [2.24, 2.45) is 5.92 Å². The lowest BCUT2D eigenvalue weighted by Gasteiger charge is -2.29. The molecule has 2 heterocycles. The second-order valence-electron chi connectivity index (χ2n) is 9.64. The van der Waals surface area contributed by atoms with Crippen molar-refractivity contribution in [2.75, 3.05) is 9.96 Å². The fourth-order valence-corrected chi connectivity index (χ4v) is 4.90. The van der Waals surface area contributed by atoms with Crippen LogP contribution in [0.4, 0.5) is 11.4 Å². The predicted octanol–water partition coefficient (Wildman–Crippen LogP) is 6.34. The number of amides is 2. The molecule has 2 amide bonds. The van der Waals surface area contributed by atoms with Gasteiger partial charge in [-0.15, -0.1) is 0 Å². The average molecular weight is 495 g/mol. The Balaban J connectivity index is 1.57. The van der Waals surface area contributed by atoms with Crippen molar-refractivity contribution in [1.82, 2.24) is 0 Å². The fraction of sp³-hybridized carbons (Fsp3) is 0.259. The number of carbonyl (C=O) groups excluding carboxylic acids is 2. The molecule has 0 N–H and O–H groups in total. The summed E-state index contributed by atoms with van der Waals surface area (Å²) >= 11 is 12.2. The van der Waals surface area contributed by atoms with E-state index in [9.17, 15) is 9.59 Å². The molecule has 3 atom stereocenters. The van der Waals surface area contributed by atoms with Crippen molar-refractivity contribution in [3.63, 3.8) is 0 Å². The molecule has 0 aliphatic carbocycles. The van der Waals surface area contributed by atoms with Crippen molar-refractivity contribution < 1.29 is 14.4 Å². The van der Waals surface area contributed by atoms with Gasteiger partial charge in [-0.2, -0.15) is 0 Å². The van der Waals surface area contributed by atoms with E-state index in [1.165, 1.54) is 11.6 Å². The first-order chi connectivity index (χ1) is 16.2. The lowest BCUT2D eigenvalue weighted by atomic mass is 9.84. The van der Waals surface area contributed by atoms with Gasteiger partial charge in [-0.25, -0.2) is 9.96 Å². The van der Waals surface area contributed by atoms with Crippen molar-refractivity contribution in [2.45, 2.75) is 38.3 Å². The van der Waals surface area contributed by atoms with Crippen LogP contribution in [0.1, 0.15) is 37.9 Å². The molecule has 3 aromatic carbocycles. The summed E-state index contributed by atoms with van der Waals surface area (Å²) in [7, 11) is 0. The fourth-order valence-electron chi connectivity index (χ4n) is 4.61. The van der Waals surface area contributed by atoms with Gasteiger partial charge >= 0.3 is 0 Å².